The van der Waals surface area contributed by atoms with E-state index in [1.807, 2.05) is 13.8 Å². The summed E-state index contributed by atoms with van der Waals surface area (Å²) >= 11 is 0. The number of aliphatic hydroxyl groups excluding tert-OH is 1. The van der Waals surface area contributed by atoms with Crippen LogP contribution in [0.15, 0.2) is 54.1 Å². The van der Waals surface area contributed by atoms with E-state index >= 15 is 0 Å². The molecule has 1 N–H and O–H groups in total. The van der Waals surface area contributed by atoms with Crippen LogP contribution in [-0.4, -0.2) is 72.1 Å². The molecule has 180 valence electrons. The van der Waals surface area contributed by atoms with Gasteiger partial charge in [0.2, 0.25) is 0 Å². The summed E-state index contributed by atoms with van der Waals surface area (Å²) < 4.78 is 25.9. The van der Waals surface area contributed by atoms with Gasteiger partial charge in [-0.15, -0.1) is 0 Å². The van der Waals surface area contributed by atoms with Crippen molar-refractivity contribution in [2.45, 2.75) is 26.0 Å². The van der Waals surface area contributed by atoms with Crippen molar-refractivity contribution in [2.75, 3.05) is 39.4 Å². The fraction of sp³-hybridized carbons (Fsp3) is 0.385. The Labute approximate surface area is 198 Å². The van der Waals surface area contributed by atoms with Crippen molar-refractivity contribution in [3.05, 3.63) is 71.0 Å². The van der Waals surface area contributed by atoms with Gasteiger partial charge in [-0.25, -0.2) is 4.39 Å². The van der Waals surface area contributed by atoms with E-state index in [-0.39, 0.29) is 29.5 Å². The van der Waals surface area contributed by atoms with Crippen molar-refractivity contribution >= 4 is 17.4 Å². The van der Waals surface area contributed by atoms with Crippen LogP contribution >= 0.6 is 0 Å². The van der Waals surface area contributed by atoms with Gasteiger partial charge in [0.1, 0.15) is 17.3 Å². The summed E-state index contributed by atoms with van der Waals surface area (Å²) in [5.74, 6) is -1.84. The Bertz CT molecular complexity index is 1080. The van der Waals surface area contributed by atoms with E-state index < -0.39 is 23.5 Å². The largest absolute Gasteiger partial charge is 0.507 e. The molecule has 2 aromatic rings. The fourth-order valence-electron chi connectivity index (χ4n) is 4.32. The van der Waals surface area contributed by atoms with Crippen molar-refractivity contribution in [1.82, 2.24) is 9.80 Å². The Morgan fingerprint density at radius 3 is 2.41 bits per heavy atom. The van der Waals surface area contributed by atoms with Crippen LogP contribution in [0, 0.1) is 5.82 Å². The summed E-state index contributed by atoms with van der Waals surface area (Å²) in [5.41, 5.74) is 0.406. The lowest BCUT2D eigenvalue weighted by atomic mass is 9.95. The molecule has 7 nitrogen and oxygen atoms in total. The number of aliphatic hydroxyl groups is 1. The third-order valence-electron chi connectivity index (χ3n) is 6.00. The molecule has 0 aromatic heterocycles. The van der Waals surface area contributed by atoms with Crippen LogP contribution in [0.2, 0.25) is 0 Å². The second kappa shape index (κ2) is 10.4. The molecule has 1 atom stereocenters. The first kappa shape index (κ1) is 23.9. The van der Waals surface area contributed by atoms with Gasteiger partial charge in [-0.05, 0) is 44.2 Å². The molecular formula is C26H29FN2O5. The first-order chi connectivity index (χ1) is 16.4. The quantitative estimate of drug-likeness (QED) is 0.381. The Kier molecular flexibility index (Phi) is 7.29. The number of nitrogens with zero attached hydrogens (tertiary/aromatic N) is 2. The third-order valence-corrected chi connectivity index (χ3v) is 6.00. The smallest absolute Gasteiger partial charge is 0.295 e. The number of Topliss-reactive ketones (excluding diaryl/α,β-unsaturated/α-hetero) is 1. The summed E-state index contributed by atoms with van der Waals surface area (Å²) in [7, 11) is 0. The second-order valence-electron chi connectivity index (χ2n) is 8.66. The minimum atomic E-state index is -1.02. The van der Waals surface area contributed by atoms with Crippen molar-refractivity contribution < 1.29 is 28.6 Å². The average Bonchev–Trinajstić information content (AvgIpc) is 3.08. The van der Waals surface area contributed by atoms with E-state index in [9.17, 15) is 19.1 Å². The molecule has 8 heteroatoms. The van der Waals surface area contributed by atoms with Crippen LogP contribution < -0.4 is 4.74 Å². The molecule has 2 heterocycles. The molecule has 1 amide bonds. The zero-order valence-electron chi connectivity index (χ0n) is 19.4. The molecule has 0 radical (unpaired) electrons. The van der Waals surface area contributed by atoms with Gasteiger partial charge in [0.15, 0.2) is 0 Å². The maximum atomic E-state index is 14.9. The first-order valence-corrected chi connectivity index (χ1v) is 11.5. The number of hydrogen-bond acceptors (Lipinski definition) is 6. The molecule has 0 aliphatic carbocycles. The molecule has 2 aliphatic heterocycles. The molecule has 2 aliphatic rings. The lowest BCUT2D eigenvalue weighted by Crippen LogP contribution is -2.42. The highest BCUT2D eigenvalue weighted by atomic mass is 19.1. The first-order valence-electron chi connectivity index (χ1n) is 11.5. The van der Waals surface area contributed by atoms with Gasteiger partial charge >= 0.3 is 0 Å². The van der Waals surface area contributed by atoms with Crippen LogP contribution in [0.1, 0.15) is 31.0 Å². The van der Waals surface area contributed by atoms with Crippen molar-refractivity contribution in [3.8, 4) is 5.75 Å². The molecular weight excluding hydrogens is 439 g/mol. The van der Waals surface area contributed by atoms with Gasteiger partial charge < -0.3 is 19.5 Å². The molecule has 0 spiro atoms. The van der Waals surface area contributed by atoms with E-state index in [4.69, 9.17) is 9.47 Å². The number of amides is 1. The van der Waals surface area contributed by atoms with Gasteiger partial charge in [-0.1, -0.05) is 18.2 Å². The maximum Gasteiger partial charge on any atom is 0.295 e. The number of carbonyl (C=O) groups excluding carboxylic acids is 2. The van der Waals surface area contributed by atoms with E-state index in [0.29, 0.717) is 31.1 Å². The minimum Gasteiger partial charge on any atom is -0.507 e. The standard InChI is InChI=1S/C26H29FN2O5/c1-17(2)34-19-9-7-18(8-10-19)24(30)22-23(20-5-3-4-6-21(20)27)29(26(32)25(22)31)12-11-28-13-15-33-16-14-28/h3-10,17,23,30H,11-16H2,1-2H3/b24-22+/t23-/m0/s1. The van der Waals surface area contributed by atoms with Crippen LogP contribution in [0.4, 0.5) is 4.39 Å². The van der Waals surface area contributed by atoms with E-state index in [2.05, 4.69) is 4.90 Å². The molecule has 2 fully saturated rings. The minimum absolute atomic E-state index is 0.0164. The van der Waals surface area contributed by atoms with Crippen LogP contribution in [0.5, 0.6) is 5.75 Å². The molecule has 0 saturated carbocycles. The number of halogens is 1. The lowest BCUT2D eigenvalue weighted by molar-refractivity contribution is -0.140. The SMILES string of the molecule is CC(C)Oc1ccc(/C(O)=C2\C(=O)C(=O)N(CCN3CCOCC3)[C@H]2c2ccccc2F)cc1. The van der Waals surface area contributed by atoms with Crippen molar-refractivity contribution in [1.29, 1.82) is 0 Å². The summed E-state index contributed by atoms with van der Waals surface area (Å²) in [6.45, 7) is 7.20. The van der Waals surface area contributed by atoms with Crippen molar-refractivity contribution in [3.63, 3.8) is 0 Å². The number of benzene rings is 2. The highest BCUT2D eigenvalue weighted by Gasteiger charge is 2.46. The zero-order valence-corrected chi connectivity index (χ0v) is 19.4. The van der Waals surface area contributed by atoms with Crippen molar-refractivity contribution in [2.24, 2.45) is 0 Å². The summed E-state index contributed by atoms with van der Waals surface area (Å²) in [4.78, 5) is 29.6. The topological polar surface area (TPSA) is 79.3 Å². The summed E-state index contributed by atoms with van der Waals surface area (Å²) in [6.07, 6.45) is -0.0164. The molecule has 2 aromatic carbocycles. The number of ether oxygens (including phenoxy) is 2. The monoisotopic (exact) mass is 468 g/mol. The number of ketones is 1. The molecule has 0 bridgehead atoms. The highest BCUT2D eigenvalue weighted by Crippen LogP contribution is 2.40. The number of hydrogen-bond donors (Lipinski definition) is 1. The van der Waals surface area contributed by atoms with Gasteiger partial charge in [0, 0.05) is 37.3 Å². The Morgan fingerprint density at radius 2 is 1.76 bits per heavy atom. The predicted octanol–water partition coefficient (Wildman–Crippen LogP) is 3.37. The fourth-order valence-corrected chi connectivity index (χ4v) is 4.32. The number of rotatable bonds is 7. The number of likely N-dealkylation sites (tertiary alicyclic amines) is 1. The van der Waals surface area contributed by atoms with Gasteiger partial charge in [-0.2, -0.15) is 0 Å². The van der Waals surface area contributed by atoms with Gasteiger partial charge in [0.05, 0.1) is 30.9 Å². The molecule has 0 unspecified atom stereocenters. The van der Waals surface area contributed by atoms with Crippen LogP contribution in [0.25, 0.3) is 5.76 Å². The summed E-state index contributed by atoms with van der Waals surface area (Å²) in [6, 6.07) is 11.6. The molecule has 34 heavy (non-hydrogen) atoms. The highest BCUT2D eigenvalue weighted by molar-refractivity contribution is 6.46. The average molecular weight is 469 g/mol. The van der Waals surface area contributed by atoms with Gasteiger partial charge in [0.25, 0.3) is 11.7 Å². The lowest BCUT2D eigenvalue weighted by Gasteiger charge is -2.31. The van der Waals surface area contributed by atoms with E-state index in [0.717, 1.165) is 13.1 Å². The summed E-state index contributed by atoms with van der Waals surface area (Å²) in [5, 5.41) is 11.1. The Morgan fingerprint density at radius 1 is 1.09 bits per heavy atom. The maximum absolute atomic E-state index is 14.9. The number of carbonyl (C=O) groups is 2. The zero-order chi connectivity index (χ0) is 24.2. The van der Waals surface area contributed by atoms with Crippen LogP contribution in [-0.2, 0) is 14.3 Å². The normalized spacial score (nSPS) is 20.8. The van der Waals surface area contributed by atoms with E-state index in [1.165, 1.54) is 11.0 Å². The Balaban J connectivity index is 1.71. The number of morpholine rings is 1. The molecule has 2 saturated heterocycles. The van der Waals surface area contributed by atoms with E-state index in [1.54, 1.807) is 42.5 Å². The Hall–Kier alpha value is -3.23. The third kappa shape index (κ3) is 4.98. The van der Waals surface area contributed by atoms with Crippen LogP contribution in [0.3, 0.4) is 0 Å². The molecule has 4 rings (SSSR count). The van der Waals surface area contributed by atoms with Gasteiger partial charge in [-0.3, -0.25) is 14.5 Å². The second-order valence-corrected chi connectivity index (χ2v) is 8.66. The predicted molar refractivity (Wildman–Crippen MR) is 125 cm³/mol.